The lowest BCUT2D eigenvalue weighted by Gasteiger charge is -2.05. The highest BCUT2D eigenvalue weighted by molar-refractivity contribution is 5.13. The van der Waals surface area contributed by atoms with E-state index in [1.807, 2.05) is 0 Å². The Morgan fingerprint density at radius 3 is 2.33 bits per heavy atom. The fraction of sp³-hybridized carbons (Fsp3) is 0.167. The van der Waals surface area contributed by atoms with Crippen LogP contribution in [-0.4, -0.2) is 0 Å². The molecule has 0 aliphatic rings. The lowest BCUT2D eigenvalue weighted by molar-refractivity contribution is -0.607. The summed E-state index contributed by atoms with van der Waals surface area (Å²) in [5.74, 6) is -1.57. The molecule has 0 aliphatic carbocycles. The van der Waals surface area contributed by atoms with Crippen LogP contribution in [0.2, 0.25) is 0 Å². The number of halogens is 4. The summed E-state index contributed by atoms with van der Waals surface area (Å²) in [6.45, 7) is 0. The van der Waals surface area contributed by atoms with Crippen LogP contribution in [0.15, 0.2) is 18.5 Å². The van der Waals surface area contributed by atoms with Crippen molar-refractivity contribution in [1.29, 1.82) is 0 Å². The van der Waals surface area contributed by atoms with Gasteiger partial charge < -0.3 is 5.21 Å². The van der Waals surface area contributed by atoms with Crippen molar-refractivity contribution >= 4 is 0 Å². The SMILES string of the molecule is [O-][n+]1ccc(C(F)(F)F)c(F)c1. The van der Waals surface area contributed by atoms with E-state index in [-0.39, 0.29) is 10.9 Å². The Bertz CT molecular complexity index is 296. The number of hydrogen-bond donors (Lipinski definition) is 0. The third-order valence-electron chi connectivity index (χ3n) is 1.19. The summed E-state index contributed by atoms with van der Waals surface area (Å²) in [6, 6.07) is 0.391. The van der Waals surface area contributed by atoms with Gasteiger partial charge in [-0.2, -0.15) is 22.3 Å². The maximum Gasteiger partial charge on any atom is 0.419 e. The van der Waals surface area contributed by atoms with Crippen LogP contribution in [0.4, 0.5) is 17.6 Å². The standard InChI is InChI=1S/C6H3F4NO/c7-5-3-11(12)2-1-4(5)6(8,9)10/h1-3H. The van der Waals surface area contributed by atoms with Crippen LogP contribution in [0.1, 0.15) is 5.56 Å². The van der Waals surface area contributed by atoms with E-state index in [1.54, 1.807) is 0 Å². The molecule has 0 N–H and O–H groups in total. The first-order chi connectivity index (χ1) is 5.41. The van der Waals surface area contributed by atoms with Crippen LogP contribution in [0.25, 0.3) is 0 Å². The lowest BCUT2D eigenvalue weighted by Crippen LogP contribution is -2.27. The quantitative estimate of drug-likeness (QED) is 0.338. The van der Waals surface area contributed by atoms with Crippen molar-refractivity contribution in [2.75, 3.05) is 0 Å². The van der Waals surface area contributed by atoms with Crippen molar-refractivity contribution in [3.05, 3.63) is 35.0 Å². The van der Waals surface area contributed by atoms with Gasteiger partial charge in [-0.1, -0.05) is 0 Å². The molecular formula is C6H3F4NO. The summed E-state index contributed by atoms with van der Waals surface area (Å²) in [5.41, 5.74) is -1.44. The molecule has 1 heterocycles. The summed E-state index contributed by atoms with van der Waals surface area (Å²) in [7, 11) is 0. The highest BCUT2D eigenvalue weighted by Gasteiger charge is 2.35. The van der Waals surface area contributed by atoms with Crippen LogP contribution < -0.4 is 4.73 Å². The Hall–Kier alpha value is -1.33. The van der Waals surface area contributed by atoms with Crippen LogP contribution in [0, 0.1) is 11.0 Å². The molecule has 2 nitrogen and oxygen atoms in total. The minimum atomic E-state index is -4.75. The average molecular weight is 181 g/mol. The van der Waals surface area contributed by atoms with E-state index in [1.165, 1.54) is 0 Å². The molecule has 0 radical (unpaired) electrons. The largest absolute Gasteiger partial charge is 0.619 e. The summed E-state index contributed by atoms with van der Waals surface area (Å²) in [6.07, 6.45) is -3.94. The van der Waals surface area contributed by atoms with Gasteiger partial charge in [0.05, 0.1) is 0 Å². The van der Waals surface area contributed by atoms with E-state index in [2.05, 4.69) is 0 Å². The van der Waals surface area contributed by atoms with Gasteiger partial charge in [0, 0.05) is 6.07 Å². The van der Waals surface area contributed by atoms with Crippen LogP contribution in [-0.2, 0) is 6.18 Å². The predicted molar refractivity (Wildman–Crippen MR) is 30.4 cm³/mol. The minimum absolute atomic E-state index is 0.0371. The summed E-state index contributed by atoms with van der Waals surface area (Å²) < 4.78 is 47.9. The smallest absolute Gasteiger partial charge is 0.419 e. The normalized spacial score (nSPS) is 11.7. The Morgan fingerprint density at radius 1 is 1.33 bits per heavy atom. The molecule has 1 aromatic heterocycles. The van der Waals surface area contributed by atoms with Gasteiger partial charge in [0.1, 0.15) is 5.56 Å². The second-order valence-corrected chi connectivity index (χ2v) is 2.06. The number of hydrogen-bond acceptors (Lipinski definition) is 1. The van der Waals surface area contributed by atoms with Gasteiger partial charge in [-0.25, -0.2) is 0 Å². The summed E-state index contributed by atoms with van der Waals surface area (Å²) in [5, 5.41) is 10.3. The average Bonchev–Trinajstić information content (AvgIpc) is 1.83. The van der Waals surface area contributed by atoms with E-state index in [4.69, 9.17) is 0 Å². The minimum Gasteiger partial charge on any atom is -0.619 e. The third-order valence-corrected chi connectivity index (χ3v) is 1.19. The molecule has 0 saturated heterocycles. The van der Waals surface area contributed by atoms with Crippen molar-refractivity contribution in [3.8, 4) is 0 Å². The zero-order chi connectivity index (χ0) is 9.35. The van der Waals surface area contributed by atoms with Gasteiger partial charge in [0.15, 0.2) is 12.0 Å². The molecule has 12 heavy (non-hydrogen) atoms. The van der Waals surface area contributed by atoms with Crippen molar-refractivity contribution in [3.63, 3.8) is 0 Å². The summed E-state index contributed by atoms with van der Waals surface area (Å²) in [4.78, 5) is 0. The van der Waals surface area contributed by atoms with Crippen molar-refractivity contribution in [2.45, 2.75) is 6.18 Å². The number of alkyl halides is 3. The van der Waals surface area contributed by atoms with E-state index in [0.29, 0.717) is 12.3 Å². The van der Waals surface area contributed by atoms with Gasteiger partial charge in [-0.15, -0.1) is 0 Å². The highest BCUT2D eigenvalue weighted by atomic mass is 19.4. The zero-order valence-corrected chi connectivity index (χ0v) is 5.60. The number of pyridine rings is 1. The molecule has 0 atom stereocenters. The Kier molecular flexibility index (Phi) is 1.91. The maximum absolute atomic E-state index is 12.4. The molecule has 0 bridgehead atoms. The van der Waals surface area contributed by atoms with Gasteiger partial charge in [-0.05, 0) is 0 Å². The fourth-order valence-electron chi connectivity index (χ4n) is 0.682. The second-order valence-electron chi connectivity index (χ2n) is 2.06. The molecule has 0 fully saturated rings. The Morgan fingerprint density at radius 2 is 1.92 bits per heavy atom. The van der Waals surface area contributed by atoms with Gasteiger partial charge >= 0.3 is 6.18 Å². The molecule has 1 rings (SSSR count). The second kappa shape index (κ2) is 2.62. The van der Waals surface area contributed by atoms with E-state index >= 15 is 0 Å². The zero-order valence-electron chi connectivity index (χ0n) is 5.60. The number of aromatic nitrogens is 1. The Balaban J connectivity index is 3.19. The summed E-state index contributed by atoms with van der Waals surface area (Å²) >= 11 is 0. The molecule has 0 amide bonds. The molecule has 0 aliphatic heterocycles. The molecule has 6 heteroatoms. The predicted octanol–water partition coefficient (Wildman–Crippen LogP) is 1.48. The molecule has 0 spiro atoms. The first kappa shape index (κ1) is 8.76. The molecule has 66 valence electrons. The van der Waals surface area contributed by atoms with Gasteiger partial charge in [0.25, 0.3) is 0 Å². The lowest BCUT2D eigenvalue weighted by atomic mass is 10.2. The first-order valence-electron chi connectivity index (χ1n) is 2.87. The monoisotopic (exact) mass is 181 g/mol. The van der Waals surface area contributed by atoms with Crippen molar-refractivity contribution in [2.24, 2.45) is 0 Å². The third kappa shape index (κ3) is 1.63. The molecule has 0 aromatic carbocycles. The number of nitrogens with zero attached hydrogens (tertiary/aromatic N) is 1. The van der Waals surface area contributed by atoms with Gasteiger partial charge in [0.2, 0.25) is 6.20 Å². The molecule has 0 unspecified atom stereocenters. The van der Waals surface area contributed by atoms with Crippen molar-refractivity contribution < 1.29 is 22.3 Å². The Labute approximate surface area is 64.6 Å². The van der Waals surface area contributed by atoms with Crippen LogP contribution >= 0.6 is 0 Å². The van der Waals surface area contributed by atoms with Crippen LogP contribution in [0.3, 0.4) is 0 Å². The van der Waals surface area contributed by atoms with E-state index in [0.717, 1.165) is 0 Å². The van der Waals surface area contributed by atoms with Crippen molar-refractivity contribution in [1.82, 2.24) is 0 Å². The van der Waals surface area contributed by atoms with E-state index in [9.17, 15) is 22.8 Å². The number of rotatable bonds is 0. The fourth-order valence-corrected chi connectivity index (χ4v) is 0.682. The van der Waals surface area contributed by atoms with E-state index < -0.39 is 17.6 Å². The molecule has 0 saturated carbocycles. The maximum atomic E-state index is 12.4. The topological polar surface area (TPSA) is 26.9 Å². The highest BCUT2D eigenvalue weighted by Crippen LogP contribution is 2.29. The van der Waals surface area contributed by atoms with Crippen LogP contribution in [0.5, 0.6) is 0 Å². The van der Waals surface area contributed by atoms with Gasteiger partial charge in [-0.3, -0.25) is 0 Å². The first-order valence-corrected chi connectivity index (χ1v) is 2.87. The molecule has 1 aromatic rings. The molecular weight excluding hydrogens is 178 g/mol.